The van der Waals surface area contributed by atoms with Gasteiger partial charge in [-0.05, 0) is 68.2 Å². The van der Waals surface area contributed by atoms with Gasteiger partial charge in [0, 0.05) is 11.3 Å². The van der Waals surface area contributed by atoms with Crippen molar-refractivity contribution in [3.05, 3.63) is 64.7 Å². The summed E-state index contributed by atoms with van der Waals surface area (Å²) in [5.41, 5.74) is 3.55. The van der Waals surface area contributed by atoms with Crippen LogP contribution in [0.4, 0.5) is 0 Å². The lowest BCUT2D eigenvalue weighted by Gasteiger charge is -2.20. The van der Waals surface area contributed by atoms with Crippen LogP contribution in [0.15, 0.2) is 47.4 Å². The van der Waals surface area contributed by atoms with Gasteiger partial charge in [-0.25, -0.2) is 0 Å². The second-order valence-corrected chi connectivity index (χ2v) is 8.56. The molecule has 0 bridgehead atoms. The van der Waals surface area contributed by atoms with Gasteiger partial charge in [0.15, 0.2) is 5.78 Å². The summed E-state index contributed by atoms with van der Waals surface area (Å²) < 4.78 is 4.91. The Hall–Kier alpha value is -2.11. The summed E-state index contributed by atoms with van der Waals surface area (Å²) in [6, 6.07) is 14.0. The van der Waals surface area contributed by atoms with Crippen LogP contribution in [0.25, 0.3) is 0 Å². The number of benzene rings is 2. The van der Waals surface area contributed by atoms with E-state index in [2.05, 4.69) is 12.1 Å². The summed E-state index contributed by atoms with van der Waals surface area (Å²) >= 11 is 1.73. The molecule has 2 aromatic rings. The summed E-state index contributed by atoms with van der Waals surface area (Å²) in [7, 11) is 1.29. The quantitative estimate of drug-likeness (QED) is 0.263. The number of aliphatic hydroxyl groups excluding tert-OH is 1. The van der Waals surface area contributed by atoms with Gasteiger partial charge in [0.2, 0.25) is 0 Å². The first-order valence-corrected chi connectivity index (χ1v) is 10.9. The van der Waals surface area contributed by atoms with Crippen molar-refractivity contribution in [2.75, 3.05) is 12.9 Å². The minimum absolute atomic E-state index is 0.0530. The van der Waals surface area contributed by atoms with Gasteiger partial charge in [-0.2, -0.15) is 0 Å². The van der Waals surface area contributed by atoms with Gasteiger partial charge < -0.3 is 9.84 Å². The number of aliphatic hydroxyl groups is 1. The van der Waals surface area contributed by atoms with Crippen LogP contribution in [0.1, 0.15) is 47.4 Å². The van der Waals surface area contributed by atoms with E-state index >= 15 is 0 Å². The highest BCUT2D eigenvalue weighted by molar-refractivity contribution is 7.99. The molecule has 0 amide bonds. The third-order valence-electron chi connectivity index (χ3n) is 4.92. The molecule has 0 aromatic heterocycles. The number of ketones is 1. The Kier molecular flexibility index (Phi) is 8.93. The van der Waals surface area contributed by atoms with Crippen molar-refractivity contribution in [1.82, 2.24) is 0 Å². The third kappa shape index (κ3) is 6.72. The average Bonchev–Trinajstić information content (AvgIpc) is 2.68. The first-order chi connectivity index (χ1) is 13.8. The van der Waals surface area contributed by atoms with Crippen molar-refractivity contribution in [3.63, 3.8) is 0 Å². The van der Waals surface area contributed by atoms with Crippen molar-refractivity contribution in [2.45, 2.75) is 57.0 Å². The monoisotopic (exact) mass is 414 g/mol. The van der Waals surface area contributed by atoms with E-state index in [1.807, 2.05) is 51.1 Å². The van der Waals surface area contributed by atoms with Crippen molar-refractivity contribution in [2.24, 2.45) is 0 Å². The van der Waals surface area contributed by atoms with E-state index in [0.717, 1.165) is 28.9 Å². The number of ether oxygens (including phenoxy) is 1. The SMILES string of the molecule is COC(=O)C(C(=O)CC(O)CCCSc1ccccc1)c1c(C)cc(C)cc1C. The highest BCUT2D eigenvalue weighted by atomic mass is 32.2. The van der Waals surface area contributed by atoms with Crippen molar-refractivity contribution < 1.29 is 19.4 Å². The van der Waals surface area contributed by atoms with E-state index in [9.17, 15) is 14.7 Å². The second kappa shape index (κ2) is 11.2. The van der Waals surface area contributed by atoms with Gasteiger partial charge in [-0.1, -0.05) is 35.9 Å². The molecule has 0 fully saturated rings. The Labute approximate surface area is 177 Å². The van der Waals surface area contributed by atoms with E-state index < -0.39 is 18.0 Å². The Morgan fingerprint density at radius 3 is 2.28 bits per heavy atom. The first kappa shape index (κ1) is 23.2. The number of rotatable bonds is 10. The Bertz CT molecular complexity index is 809. The Morgan fingerprint density at radius 2 is 1.69 bits per heavy atom. The molecule has 0 spiro atoms. The number of Topliss-reactive ketones (excluding diaryl/α,β-unsaturated/α-hetero) is 1. The molecule has 4 nitrogen and oxygen atoms in total. The molecule has 0 saturated carbocycles. The first-order valence-electron chi connectivity index (χ1n) is 9.87. The van der Waals surface area contributed by atoms with Crippen LogP contribution in [-0.4, -0.2) is 35.8 Å². The standard InChI is InChI=1S/C24H30O4S/c1-16-13-17(2)22(18(3)14-16)23(24(27)28-4)21(26)15-19(25)9-8-12-29-20-10-6-5-7-11-20/h5-7,10-11,13-14,19,23,25H,8-9,12,15H2,1-4H3. The zero-order valence-corrected chi connectivity index (χ0v) is 18.4. The molecule has 29 heavy (non-hydrogen) atoms. The molecule has 2 unspecified atom stereocenters. The smallest absolute Gasteiger partial charge is 0.320 e. The molecular weight excluding hydrogens is 384 g/mol. The second-order valence-electron chi connectivity index (χ2n) is 7.40. The van der Waals surface area contributed by atoms with Gasteiger partial charge in [0.25, 0.3) is 0 Å². The van der Waals surface area contributed by atoms with E-state index in [-0.39, 0.29) is 12.2 Å². The third-order valence-corrected chi connectivity index (χ3v) is 6.01. The maximum atomic E-state index is 12.9. The summed E-state index contributed by atoms with van der Waals surface area (Å²) in [6.45, 7) is 5.78. The maximum absolute atomic E-state index is 12.9. The minimum atomic E-state index is -0.992. The van der Waals surface area contributed by atoms with Gasteiger partial charge in [-0.15, -0.1) is 11.8 Å². The predicted octanol–water partition coefficient (Wildman–Crippen LogP) is 4.76. The normalized spacial score (nSPS) is 13.0. The number of esters is 1. The van der Waals surface area contributed by atoms with E-state index in [1.165, 1.54) is 12.0 Å². The lowest BCUT2D eigenvalue weighted by atomic mass is 9.84. The number of aryl methyl sites for hydroxylation is 3. The minimum Gasteiger partial charge on any atom is -0.468 e. The number of carbonyl (C=O) groups is 2. The molecule has 0 heterocycles. The van der Waals surface area contributed by atoms with Crippen LogP contribution in [0.5, 0.6) is 0 Å². The largest absolute Gasteiger partial charge is 0.468 e. The zero-order valence-electron chi connectivity index (χ0n) is 17.6. The summed E-state index contributed by atoms with van der Waals surface area (Å²) in [5, 5.41) is 10.4. The van der Waals surface area contributed by atoms with Crippen molar-refractivity contribution in [1.29, 1.82) is 0 Å². The molecule has 2 rings (SSSR count). The molecule has 156 valence electrons. The Balaban J connectivity index is 1.98. The Morgan fingerprint density at radius 1 is 1.07 bits per heavy atom. The van der Waals surface area contributed by atoms with Crippen LogP contribution < -0.4 is 0 Å². The lowest BCUT2D eigenvalue weighted by molar-refractivity contribution is -0.146. The molecule has 0 aliphatic carbocycles. The predicted molar refractivity (Wildman–Crippen MR) is 117 cm³/mol. The number of carbonyl (C=O) groups excluding carboxylic acids is 2. The van der Waals surface area contributed by atoms with E-state index in [1.54, 1.807) is 11.8 Å². The van der Waals surface area contributed by atoms with Gasteiger partial charge in [-0.3, -0.25) is 9.59 Å². The van der Waals surface area contributed by atoms with Crippen LogP contribution in [-0.2, 0) is 14.3 Å². The molecule has 0 aliphatic rings. The number of thioether (sulfide) groups is 1. The fourth-order valence-electron chi connectivity index (χ4n) is 3.65. The van der Waals surface area contributed by atoms with Gasteiger partial charge in [0.05, 0.1) is 13.2 Å². The molecular formula is C24H30O4S. The fourth-order valence-corrected chi connectivity index (χ4v) is 4.55. The molecule has 1 N–H and O–H groups in total. The number of hydrogen-bond acceptors (Lipinski definition) is 5. The van der Waals surface area contributed by atoms with Crippen LogP contribution in [0.3, 0.4) is 0 Å². The van der Waals surface area contributed by atoms with Crippen molar-refractivity contribution >= 4 is 23.5 Å². The molecule has 0 aliphatic heterocycles. The summed E-state index contributed by atoms with van der Waals surface area (Å²) in [4.78, 5) is 26.5. The van der Waals surface area contributed by atoms with Gasteiger partial charge >= 0.3 is 5.97 Å². The van der Waals surface area contributed by atoms with E-state index in [4.69, 9.17) is 4.74 Å². The summed E-state index contributed by atoms with van der Waals surface area (Å²) in [6.07, 6.45) is 0.491. The van der Waals surface area contributed by atoms with Crippen LogP contribution >= 0.6 is 11.8 Å². The van der Waals surface area contributed by atoms with E-state index in [0.29, 0.717) is 12.0 Å². The average molecular weight is 415 g/mol. The highest BCUT2D eigenvalue weighted by Crippen LogP contribution is 2.29. The molecule has 0 saturated heterocycles. The lowest BCUT2D eigenvalue weighted by Crippen LogP contribution is -2.28. The zero-order chi connectivity index (χ0) is 21.4. The van der Waals surface area contributed by atoms with Crippen LogP contribution in [0, 0.1) is 20.8 Å². The molecule has 5 heteroatoms. The van der Waals surface area contributed by atoms with Crippen LogP contribution in [0.2, 0.25) is 0 Å². The molecule has 0 radical (unpaired) electrons. The highest BCUT2D eigenvalue weighted by Gasteiger charge is 2.32. The maximum Gasteiger partial charge on any atom is 0.320 e. The fraction of sp³-hybridized carbons (Fsp3) is 0.417. The molecule has 2 atom stereocenters. The van der Waals surface area contributed by atoms with Gasteiger partial charge in [0.1, 0.15) is 5.92 Å². The number of methoxy groups -OCH3 is 1. The molecule has 2 aromatic carbocycles. The topological polar surface area (TPSA) is 63.6 Å². The number of hydrogen-bond donors (Lipinski definition) is 1. The van der Waals surface area contributed by atoms with Crippen molar-refractivity contribution in [3.8, 4) is 0 Å². The summed E-state index contributed by atoms with van der Waals surface area (Å²) in [5.74, 6) is -0.993.